The van der Waals surface area contributed by atoms with Crippen LogP contribution >= 0.6 is 0 Å². The van der Waals surface area contributed by atoms with Crippen LogP contribution in [0.3, 0.4) is 0 Å². The van der Waals surface area contributed by atoms with Crippen molar-refractivity contribution in [3.63, 3.8) is 0 Å². The normalized spacial score (nSPS) is 16.1. The van der Waals surface area contributed by atoms with Crippen LogP contribution in [0, 0.1) is 5.92 Å². The van der Waals surface area contributed by atoms with E-state index in [0.29, 0.717) is 11.6 Å². The van der Waals surface area contributed by atoms with Gasteiger partial charge in [0.05, 0.1) is 11.4 Å². The zero-order valence-corrected chi connectivity index (χ0v) is 9.94. The Balaban J connectivity index is 2.20. The van der Waals surface area contributed by atoms with E-state index < -0.39 is 10.0 Å². The van der Waals surface area contributed by atoms with Crippen molar-refractivity contribution in [1.82, 2.24) is 0 Å². The predicted octanol–water partition coefficient (Wildman–Crippen LogP) is 1.57. The Bertz CT molecular complexity index is 480. The second-order valence-corrected chi connectivity index (χ2v) is 6.25. The molecule has 2 rings (SSSR count). The van der Waals surface area contributed by atoms with Crippen LogP contribution in [0.2, 0.25) is 0 Å². The molecule has 0 radical (unpaired) electrons. The molecule has 0 bridgehead atoms. The van der Waals surface area contributed by atoms with Gasteiger partial charge in [0.15, 0.2) is 0 Å². The molecule has 1 aromatic carbocycles. The van der Waals surface area contributed by atoms with Crippen molar-refractivity contribution in [2.75, 3.05) is 17.1 Å². The number of hydrogen-bond acceptors (Lipinski definition) is 3. The van der Waals surface area contributed by atoms with E-state index in [0.717, 1.165) is 12.8 Å². The van der Waals surface area contributed by atoms with Crippen molar-refractivity contribution in [3.8, 4) is 5.75 Å². The van der Waals surface area contributed by atoms with Crippen LogP contribution in [0.1, 0.15) is 12.8 Å². The largest absolute Gasteiger partial charge is 0.508 e. The summed E-state index contributed by atoms with van der Waals surface area (Å²) in [5.74, 6) is 0.606. The van der Waals surface area contributed by atoms with Crippen molar-refractivity contribution in [2.24, 2.45) is 5.92 Å². The van der Waals surface area contributed by atoms with E-state index in [1.54, 1.807) is 12.1 Å². The standard InChI is InChI=1S/C11H15NO3S/c1-12(10-3-2-4-11(13)7-10)16(14,15)8-9-5-6-9/h2-4,7,9,13H,5-6,8H2,1H3. The van der Waals surface area contributed by atoms with Crippen LogP contribution < -0.4 is 4.31 Å². The number of phenols is 1. The topological polar surface area (TPSA) is 57.6 Å². The summed E-state index contributed by atoms with van der Waals surface area (Å²) in [6.07, 6.45) is 2.01. The van der Waals surface area contributed by atoms with E-state index in [1.165, 1.54) is 23.5 Å². The highest BCUT2D eigenvalue weighted by Gasteiger charge is 2.30. The third-order valence-electron chi connectivity index (χ3n) is 2.75. The molecular weight excluding hydrogens is 226 g/mol. The summed E-state index contributed by atoms with van der Waals surface area (Å²) in [6.45, 7) is 0. The van der Waals surface area contributed by atoms with Gasteiger partial charge in [0.1, 0.15) is 5.75 Å². The van der Waals surface area contributed by atoms with Gasteiger partial charge in [-0.15, -0.1) is 0 Å². The van der Waals surface area contributed by atoms with Gasteiger partial charge in [-0.2, -0.15) is 0 Å². The van der Waals surface area contributed by atoms with Crippen molar-refractivity contribution in [3.05, 3.63) is 24.3 Å². The van der Waals surface area contributed by atoms with E-state index >= 15 is 0 Å². The monoisotopic (exact) mass is 241 g/mol. The first-order valence-electron chi connectivity index (χ1n) is 5.25. The highest BCUT2D eigenvalue weighted by Crippen LogP contribution is 2.32. The first kappa shape index (κ1) is 11.3. The van der Waals surface area contributed by atoms with Gasteiger partial charge in [-0.25, -0.2) is 8.42 Å². The summed E-state index contributed by atoms with van der Waals surface area (Å²) in [5, 5.41) is 9.30. The number of hydrogen-bond donors (Lipinski definition) is 1. The molecule has 0 atom stereocenters. The van der Waals surface area contributed by atoms with Gasteiger partial charge in [-0.1, -0.05) is 6.07 Å². The van der Waals surface area contributed by atoms with Crippen LogP contribution in [-0.4, -0.2) is 26.3 Å². The lowest BCUT2D eigenvalue weighted by Gasteiger charge is -2.19. The Morgan fingerprint density at radius 1 is 1.44 bits per heavy atom. The van der Waals surface area contributed by atoms with E-state index in [-0.39, 0.29) is 11.5 Å². The quantitative estimate of drug-likeness (QED) is 0.870. The summed E-state index contributed by atoms with van der Waals surface area (Å²) >= 11 is 0. The number of rotatable bonds is 4. The fraction of sp³-hybridized carbons (Fsp3) is 0.455. The Morgan fingerprint density at radius 2 is 2.12 bits per heavy atom. The summed E-state index contributed by atoms with van der Waals surface area (Å²) < 4.78 is 25.1. The van der Waals surface area contributed by atoms with Crippen LogP contribution in [0.4, 0.5) is 5.69 Å². The molecule has 1 aliphatic rings. The molecule has 16 heavy (non-hydrogen) atoms. The lowest BCUT2D eigenvalue weighted by atomic mass is 10.3. The Labute approximate surface area is 95.6 Å². The van der Waals surface area contributed by atoms with E-state index in [1.807, 2.05) is 0 Å². The van der Waals surface area contributed by atoms with Gasteiger partial charge in [0.2, 0.25) is 10.0 Å². The highest BCUT2D eigenvalue weighted by molar-refractivity contribution is 7.92. The zero-order valence-electron chi connectivity index (χ0n) is 9.13. The Morgan fingerprint density at radius 3 is 2.69 bits per heavy atom. The maximum atomic E-state index is 11.9. The molecule has 88 valence electrons. The predicted molar refractivity (Wildman–Crippen MR) is 63.0 cm³/mol. The third-order valence-corrected chi connectivity index (χ3v) is 4.69. The molecular formula is C11H15NO3S. The van der Waals surface area contributed by atoms with Crippen molar-refractivity contribution in [1.29, 1.82) is 0 Å². The van der Waals surface area contributed by atoms with Crippen molar-refractivity contribution in [2.45, 2.75) is 12.8 Å². The highest BCUT2D eigenvalue weighted by atomic mass is 32.2. The minimum absolute atomic E-state index is 0.0750. The number of benzene rings is 1. The first-order valence-corrected chi connectivity index (χ1v) is 6.85. The average molecular weight is 241 g/mol. The maximum absolute atomic E-state index is 11.9. The van der Waals surface area contributed by atoms with Gasteiger partial charge < -0.3 is 5.11 Å². The maximum Gasteiger partial charge on any atom is 0.235 e. The molecule has 1 aromatic rings. The third kappa shape index (κ3) is 2.47. The second kappa shape index (κ2) is 3.97. The fourth-order valence-corrected chi connectivity index (χ4v) is 3.13. The van der Waals surface area contributed by atoms with Crippen molar-refractivity contribution >= 4 is 15.7 Å². The number of anilines is 1. The lowest BCUT2D eigenvalue weighted by molar-refractivity contribution is 0.475. The van der Waals surface area contributed by atoms with Crippen molar-refractivity contribution < 1.29 is 13.5 Å². The lowest BCUT2D eigenvalue weighted by Crippen LogP contribution is -2.29. The molecule has 1 saturated carbocycles. The summed E-state index contributed by atoms with van der Waals surface area (Å²) in [5.41, 5.74) is 0.501. The number of aromatic hydroxyl groups is 1. The molecule has 0 aliphatic heterocycles. The Kier molecular flexibility index (Phi) is 2.80. The molecule has 5 heteroatoms. The van der Waals surface area contributed by atoms with Crippen LogP contribution in [0.25, 0.3) is 0 Å². The van der Waals surface area contributed by atoms with E-state index in [4.69, 9.17) is 0 Å². The van der Waals surface area contributed by atoms with Gasteiger partial charge in [0.25, 0.3) is 0 Å². The molecule has 0 aromatic heterocycles. The molecule has 0 spiro atoms. The zero-order chi connectivity index (χ0) is 11.8. The molecule has 0 heterocycles. The number of sulfonamides is 1. The summed E-state index contributed by atoms with van der Waals surface area (Å²) in [6, 6.07) is 6.27. The van der Waals surface area contributed by atoms with Gasteiger partial charge >= 0.3 is 0 Å². The summed E-state index contributed by atoms with van der Waals surface area (Å²) in [7, 11) is -1.72. The van der Waals surface area contributed by atoms with Crippen LogP contribution in [0.5, 0.6) is 5.75 Å². The Hall–Kier alpha value is -1.23. The molecule has 0 amide bonds. The van der Waals surface area contributed by atoms with E-state index in [9.17, 15) is 13.5 Å². The van der Waals surface area contributed by atoms with E-state index in [2.05, 4.69) is 0 Å². The first-order chi connectivity index (χ1) is 7.49. The molecule has 1 aliphatic carbocycles. The van der Waals surface area contributed by atoms with Crippen LogP contribution in [0.15, 0.2) is 24.3 Å². The average Bonchev–Trinajstić information content (AvgIpc) is 3.00. The molecule has 0 unspecified atom stereocenters. The summed E-state index contributed by atoms with van der Waals surface area (Å²) in [4.78, 5) is 0. The molecule has 4 nitrogen and oxygen atoms in total. The number of nitrogens with zero attached hydrogens (tertiary/aromatic N) is 1. The van der Waals surface area contributed by atoms with Gasteiger partial charge in [-0.05, 0) is 30.9 Å². The number of phenolic OH excluding ortho intramolecular Hbond substituents is 1. The van der Waals surface area contributed by atoms with Gasteiger partial charge in [-0.3, -0.25) is 4.31 Å². The fourth-order valence-electron chi connectivity index (χ4n) is 1.54. The van der Waals surface area contributed by atoms with Crippen LogP contribution in [-0.2, 0) is 10.0 Å². The molecule has 1 fully saturated rings. The molecule has 1 N–H and O–H groups in total. The minimum atomic E-state index is -3.24. The molecule has 0 saturated heterocycles. The minimum Gasteiger partial charge on any atom is -0.508 e. The van der Waals surface area contributed by atoms with Gasteiger partial charge in [0, 0.05) is 13.1 Å². The second-order valence-electron chi connectivity index (χ2n) is 4.21. The smallest absolute Gasteiger partial charge is 0.235 e. The SMILES string of the molecule is CN(c1cccc(O)c1)S(=O)(=O)CC1CC1.